The number of likely N-dealkylation sites (tertiary alicyclic amines) is 1. The second-order valence-electron chi connectivity index (χ2n) is 6.21. The van der Waals surface area contributed by atoms with Gasteiger partial charge in [-0.25, -0.2) is 0 Å². The van der Waals surface area contributed by atoms with Crippen LogP contribution in [-0.4, -0.2) is 51.5 Å². The van der Waals surface area contributed by atoms with Crippen molar-refractivity contribution in [3.8, 4) is 0 Å². The quantitative estimate of drug-likeness (QED) is 0.330. The number of nitrogens with one attached hydrogen (secondary N) is 1. The standard InChI is InChI=1S/C17H21N3O5S2/c1-12-6-8-19(9-7-12)17(26)27-11-16(22)25-10-15(21)18-13-4-2-3-5-14(13)20(23)24/h2-5,12H,6-11H2,1H3,(H,18,21). The van der Waals surface area contributed by atoms with Gasteiger partial charge in [-0.2, -0.15) is 0 Å². The highest BCUT2D eigenvalue weighted by Gasteiger charge is 2.20. The van der Waals surface area contributed by atoms with Crippen LogP contribution in [0.1, 0.15) is 19.8 Å². The van der Waals surface area contributed by atoms with Crippen molar-refractivity contribution < 1.29 is 19.2 Å². The summed E-state index contributed by atoms with van der Waals surface area (Å²) in [5.41, 5.74) is -0.174. The molecule has 0 aromatic heterocycles. The molecular weight excluding hydrogens is 390 g/mol. The van der Waals surface area contributed by atoms with Crippen molar-refractivity contribution in [1.29, 1.82) is 0 Å². The molecule has 1 aromatic carbocycles. The first-order valence-corrected chi connectivity index (χ1v) is 9.86. The molecule has 0 bridgehead atoms. The summed E-state index contributed by atoms with van der Waals surface area (Å²) in [6, 6.07) is 5.75. The smallest absolute Gasteiger partial charge is 0.316 e. The summed E-state index contributed by atoms with van der Waals surface area (Å²) >= 11 is 6.55. The fraction of sp³-hybridized carbons (Fsp3) is 0.471. The molecule has 8 nitrogen and oxygen atoms in total. The number of hydrogen-bond donors (Lipinski definition) is 1. The number of benzene rings is 1. The van der Waals surface area contributed by atoms with Gasteiger partial charge in [0, 0.05) is 19.2 Å². The number of nitro benzene ring substituents is 1. The Hall–Kier alpha value is -2.20. The predicted octanol–water partition coefficient (Wildman–Crippen LogP) is 2.83. The monoisotopic (exact) mass is 411 g/mol. The lowest BCUT2D eigenvalue weighted by Crippen LogP contribution is -2.36. The summed E-state index contributed by atoms with van der Waals surface area (Å²) in [6.07, 6.45) is 2.16. The number of nitrogens with zero attached hydrogens (tertiary/aromatic N) is 2. The second-order valence-corrected chi connectivity index (χ2v) is 7.82. The van der Waals surface area contributed by atoms with Gasteiger partial charge >= 0.3 is 5.97 Å². The van der Waals surface area contributed by atoms with E-state index >= 15 is 0 Å². The number of hydrogen-bond acceptors (Lipinski definition) is 7. The molecule has 1 aromatic rings. The maximum atomic E-state index is 11.9. The number of para-hydroxylation sites is 2. The first-order chi connectivity index (χ1) is 12.9. The molecule has 1 aliphatic rings. The molecule has 0 unspecified atom stereocenters. The Morgan fingerprint density at radius 2 is 2.04 bits per heavy atom. The van der Waals surface area contributed by atoms with E-state index in [0.29, 0.717) is 10.2 Å². The highest BCUT2D eigenvalue weighted by Crippen LogP contribution is 2.23. The number of thiocarbonyl (C=S) groups is 1. The molecule has 27 heavy (non-hydrogen) atoms. The molecule has 0 atom stereocenters. The maximum Gasteiger partial charge on any atom is 0.316 e. The predicted molar refractivity (Wildman–Crippen MR) is 108 cm³/mol. The number of carbonyl (C=O) groups is 2. The first kappa shape index (κ1) is 21.1. The van der Waals surface area contributed by atoms with Gasteiger partial charge in [0.15, 0.2) is 6.61 Å². The summed E-state index contributed by atoms with van der Waals surface area (Å²) in [5, 5.41) is 13.3. The lowest BCUT2D eigenvalue weighted by molar-refractivity contribution is -0.383. The van der Waals surface area contributed by atoms with Crippen molar-refractivity contribution in [2.45, 2.75) is 19.8 Å². The van der Waals surface area contributed by atoms with Gasteiger partial charge in [0.1, 0.15) is 10.0 Å². The van der Waals surface area contributed by atoms with E-state index in [1.165, 1.54) is 30.0 Å². The van der Waals surface area contributed by atoms with Crippen molar-refractivity contribution in [1.82, 2.24) is 4.90 Å². The van der Waals surface area contributed by atoms with Crippen LogP contribution in [0.3, 0.4) is 0 Å². The van der Waals surface area contributed by atoms with Crippen LogP contribution >= 0.6 is 24.0 Å². The molecular formula is C17H21N3O5S2. The minimum Gasteiger partial charge on any atom is -0.455 e. The van der Waals surface area contributed by atoms with E-state index in [0.717, 1.165) is 25.9 Å². The summed E-state index contributed by atoms with van der Waals surface area (Å²) in [6.45, 7) is 3.47. The lowest BCUT2D eigenvalue weighted by Gasteiger charge is -2.31. The minimum atomic E-state index is -0.643. The number of carbonyl (C=O) groups excluding carboxylic acids is 2. The van der Waals surface area contributed by atoms with Crippen LogP contribution < -0.4 is 5.32 Å². The van der Waals surface area contributed by atoms with E-state index in [9.17, 15) is 19.7 Å². The molecule has 146 valence electrons. The Morgan fingerprint density at radius 3 is 2.70 bits per heavy atom. The Bertz CT molecular complexity index is 720. The molecule has 0 aliphatic carbocycles. The summed E-state index contributed by atoms with van der Waals surface area (Å²) < 4.78 is 5.57. The third-order valence-corrected chi connectivity index (χ3v) is 5.59. The number of piperidine rings is 1. The molecule has 0 spiro atoms. The summed E-state index contributed by atoms with van der Waals surface area (Å²) in [7, 11) is 0. The van der Waals surface area contributed by atoms with Crippen molar-refractivity contribution in [3.63, 3.8) is 0 Å². The van der Waals surface area contributed by atoms with E-state index in [1.807, 2.05) is 0 Å². The fourth-order valence-corrected chi connectivity index (χ4v) is 3.56. The van der Waals surface area contributed by atoms with E-state index in [4.69, 9.17) is 17.0 Å². The molecule has 10 heteroatoms. The van der Waals surface area contributed by atoms with E-state index in [-0.39, 0.29) is 17.1 Å². The Labute approximate surface area is 166 Å². The van der Waals surface area contributed by atoms with Crippen LogP contribution in [0.15, 0.2) is 24.3 Å². The second kappa shape index (κ2) is 10.2. The number of esters is 1. The van der Waals surface area contributed by atoms with Crippen LogP contribution in [0, 0.1) is 16.0 Å². The third-order valence-electron chi connectivity index (χ3n) is 4.09. The molecule has 1 amide bonds. The van der Waals surface area contributed by atoms with E-state index < -0.39 is 23.4 Å². The van der Waals surface area contributed by atoms with E-state index in [2.05, 4.69) is 17.1 Å². The van der Waals surface area contributed by atoms with Crippen LogP contribution in [0.2, 0.25) is 0 Å². The average molecular weight is 412 g/mol. The lowest BCUT2D eigenvalue weighted by atomic mass is 10.00. The number of thioether (sulfide) groups is 1. The Morgan fingerprint density at radius 1 is 1.37 bits per heavy atom. The number of ether oxygens (including phenoxy) is 1. The average Bonchev–Trinajstić information content (AvgIpc) is 2.65. The summed E-state index contributed by atoms with van der Waals surface area (Å²) in [4.78, 5) is 36.1. The van der Waals surface area contributed by atoms with Crippen LogP contribution in [-0.2, 0) is 14.3 Å². The third kappa shape index (κ3) is 6.79. The Kier molecular flexibility index (Phi) is 7.99. The van der Waals surface area contributed by atoms with E-state index in [1.54, 1.807) is 6.07 Å². The molecule has 2 rings (SSSR count). The van der Waals surface area contributed by atoms with Gasteiger partial charge in [-0.1, -0.05) is 43.0 Å². The van der Waals surface area contributed by atoms with Crippen molar-refractivity contribution >= 4 is 51.6 Å². The topological polar surface area (TPSA) is 102 Å². The molecule has 1 heterocycles. The fourth-order valence-electron chi connectivity index (χ4n) is 2.52. The van der Waals surface area contributed by atoms with Crippen LogP contribution in [0.4, 0.5) is 11.4 Å². The normalized spacial score (nSPS) is 14.5. The molecule has 1 N–H and O–H groups in total. The largest absolute Gasteiger partial charge is 0.455 e. The number of rotatable bonds is 6. The van der Waals surface area contributed by atoms with Gasteiger partial charge in [0.2, 0.25) is 0 Å². The van der Waals surface area contributed by atoms with Crippen molar-refractivity contribution in [3.05, 3.63) is 34.4 Å². The van der Waals surface area contributed by atoms with Gasteiger partial charge < -0.3 is 15.0 Å². The zero-order valence-electron chi connectivity index (χ0n) is 14.9. The van der Waals surface area contributed by atoms with Gasteiger partial charge in [-0.15, -0.1) is 0 Å². The molecule has 1 aliphatic heterocycles. The van der Waals surface area contributed by atoms with Gasteiger partial charge in [-0.05, 0) is 24.8 Å². The SMILES string of the molecule is CC1CCN(C(=S)SCC(=O)OCC(=O)Nc2ccccc2[N+](=O)[O-])CC1. The molecule has 0 radical (unpaired) electrons. The first-order valence-electron chi connectivity index (χ1n) is 8.47. The molecule has 1 fully saturated rings. The maximum absolute atomic E-state index is 11.9. The zero-order valence-corrected chi connectivity index (χ0v) is 16.5. The highest BCUT2D eigenvalue weighted by atomic mass is 32.2. The zero-order chi connectivity index (χ0) is 19.8. The number of nitro groups is 1. The highest BCUT2D eigenvalue weighted by molar-refractivity contribution is 8.23. The van der Waals surface area contributed by atoms with Gasteiger partial charge in [-0.3, -0.25) is 19.7 Å². The minimum absolute atomic E-state index is 0.0175. The van der Waals surface area contributed by atoms with Crippen LogP contribution in [0.5, 0.6) is 0 Å². The summed E-state index contributed by atoms with van der Waals surface area (Å²) in [5.74, 6) is -0.498. The van der Waals surface area contributed by atoms with Crippen LogP contribution in [0.25, 0.3) is 0 Å². The van der Waals surface area contributed by atoms with Gasteiger partial charge in [0.25, 0.3) is 11.6 Å². The Balaban J connectivity index is 1.71. The molecule has 1 saturated heterocycles. The number of amides is 1. The molecule has 0 saturated carbocycles. The number of anilines is 1. The van der Waals surface area contributed by atoms with Crippen molar-refractivity contribution in [2.24, 2.45) is 5.92 Å². The van der Waals surface area contributed by atoms with Crippen molar-refractivity contribution in [2.75, 3.05) is 30.8 Å². The van der Waals surface area contributed by atoms with Gasteiger partial charge in [0.05, 0.1) is 10.7 Å².